The molecule has 150 valence electrons. The number of amides is 1. The van der Waals surface area contributed by atoms with Crippen LogP contribution < -0.4 is 5.32 Å². The van der Waals surface area contributed by atoms with E-state index in [1.807, 2.05) is 0 Å². The first-order chi connectivity index (χ1) is 13.8. The molecule has 0 bridgehead atoms. The third-order valence-electron chi connectivity index (χ3n) is 3.84. The van der Waals surface area contributed by atoms with Crippen molar-refractivity contribution in [3.8, 4) is 0 Å². The maximum absolute atomic E-state index is 13.0. The number of alkyl halides is 3. The van der Waals surface area contributed by atoms with Gasteiger partial charge in [-0.25, -0.2) is 4.79 Å². The second kappa shape index (κ2) is 8.40. The van der Waals surface area contributed by atoms with E-state index in [1.54, 1.807) is 18.2 Å². The van der Waals surface area contributed by atoms with Crippen molar-refractivity contribution in [1.29, 1.82) is 0 Å². The summed E-state index contributed by atoms with van der Waals surface area (Å²) < 4.78 is 49.1. The highest BCUT2D eigenvalue weighted by Gasteiger charge is 2.32. The smallest absolute Gasteiger partial charge is 0.416 e. The molecule has 0 fully saturated rings. The number of benzene rings is 2. The number of hydrogen-bond acceptors (Lipinski definition) is 4. The van der Waals surface area contributed by atoms with Gasteiger partial charge >= 0.3 is 12.1 Å². The van der Waals surface area contributed by atoms with Crippen LogP contribution in [-0.4, -0.2) is 11.9 Å². The van der Waals surface area contributed by atoms with Gasteiger partial charge in [0.1, 0.15) is 0 Å². The SMILES string of the molecule is O=C(OC(C(=O)Nc1cc(C(F)(F)F)ccc1Cl)c1ccccc1)c1ccco1. The molecule has 9 heteroatoms. The fourth-order valence-electron chi connectivity index (χ4n) is 2.46. The Bertz CT molecular complexity index is 1000. The number of halogens is 4. The Labute approximate surface area is 168 Å². The van der Waals surface area contributed by atoms with Crippen LogP contribution in [0.2, 0.25) is 5.02 Å². The van der Waals surface area contributed by atoms with Gasteiger partial charge in [-0.05, 0) is 30.3 Å². The lowest BCUT2D eigenvalue weighted by Gasteiger charge is -2.18. The Kier molecular flexibility index (Phi) is 5.93. The van der Waals surface area contributed by atoms with Crippen molar-refractivity contribution < 1.29 is 31.9 Å². The number of hydrogen-bond donors (Lipinski definition) is 1. The molecule has 1 heterocycles. The molecule has 0 aliphatic carbocycles. The number of nitrogens with one attached hydrogen (secondary N) is 1. The number of furan rings is 1. The molecule has 5 nitrogen and oxygen atoms in total. The Hall–Kier alpha value is -3.26. The number of esters is 1. The number of rotatable bonds is 5. The average molecular weight is 424 g/mol. The summed E-state index contributed by atoms with van der Waals surface area (Å²) in [5.74, 6) is -1.91. The molecule has 0 aliphatic heterocycles. The predicted octanol–water partition coefficient (Wildman–Crippen LogP) is 5.49. The summed E-state index contributed by atoms with van der Waals surface area (Å²) in [4.78, 5) is 25.0. The number of carbonyl (C=O) groups is 2. The molecule has 2 aromatic carbocycles. The van der Waals surface area contributed by atoms with E-state index in [2.05, 4.69) is 5.32 Å². The standard InChI is InChI=1S/C20H13ClF3NO4/c21-14-9-8-13(20(22,23)24)11-15(14)25-18(26)17(12-5-2-1-3-6-12)29-19(27)16-7-4-10-28-16/h1-11,17H,(H,25,26). The van der Waals surface area contributed by atoms with Crippen LogP contribution in [0, 0.1) is 0 Å². The van der Waals surface area contributed by atoms with E-state index in [0.29, 0.717) is 11.6 Å². The number of anilines is 1. The topological polar surface area (TPSA) is 68.5 Å². The van der Waals surface area contributed by atoms with E-state index in [4.69, 9.17) is 20.8 Å². The van der Waals surface area contributed by atoms with Gasteiger partial charge in [0.15, 0.2) is 0 Å². The number of ether oxygens (including phenoxy) is 1. The summed E-state index contributed by atoms with van der Waals surface area (Å²) in [5.41, 5.74) is -0.935. The van der Waals surface area contributed by atoms with E-state index < -0.39 is 29.7 Å². The second-order valence-corrected chi connectivity index (χ2v) is 6.26. The maximum Gasteiger partial charge on any atom is 0.416 e. The Morgan fingerprint density at radius 2 is 1.76 bits per heavy atom. The lowest BCUT2D eigenvalue weighted by molar-refractivity contribution is -0.137. The highest BCUT2D eigenvalue weighted by atomic mass is 35.5. The first-order valence-electron chi connectivity index (χ1n) is 8.23. The third-order valence-corrected chi connectivity index (χ3v) is 4.17. The molecule has 0 radical (unpaired) electrons. The summed E-state index contributed by atoms with van der Waals surface area (Å²) in [7, 11) is 0. The molecule has 1 N–H and O–H groups in total. The minimum absolute atomic E-state index is 0.101. The highest BCUT2D eigenvalue weighted by Crippen LogP contribution is 2.34. The van der Waals surface area contributed by atoms with E-state index >= 15 is 0 Å². The van der Waals surface area contributed by atoms with Gasteiger partial charge in [0.2, 0.25) is 11.9 Å². The van der Waals surface area contributed by atoms with E-state index in [0.717, 1.165) is 12.1 Å². The fraction of sp³-hybridized carbons (Fsp3) is 0.100. The summed E-state index contributed by atoms with van der Waals surface area (Å²) in [6.45, 7) is 0. The average Bonchev–Trinajstić information content (AvgIpc) is 3.22. The van der Waals surface area contributed by atoms with Gasteiger partial charge in [0.05, 0.1) is 22.5 Å². The van der Waals surface area contributed by atoms with Crippen molar-refractivity contribution >= 4 is 29.2 Å². The maximum atomic E-state index is 13.0. The molecule has 3 aromatic rings. The molecule has 0 saturated carbocycles. The third kappa shape index (κ3) is 4.97. The molecule has 1 aromatic heterocycles. The van der Waals surface area contributed by atoms with Crippen molar-refractivity contribution in [3.05, 3.63) is 88.8 Å². The van der Waals surface area contributed by atoms with Crippen molar-refractivity contribution in [2.45, 2.75) is 12.3 Å². The van der Waals surface area contributed by atoms with Crippen LogP contribution in [0.15, 0.2) is 71.3 Å². The van der Waals surface area contributed by atoms with Crippen LogP contribution in [-0.2, 0) is 15.7 Å². The summed E-state index contributed by atoms with van der Waals surface area (Å²) in [6.07, 6.45) is -4.80. The second-order valence-electron chi connectivity index (χ2n) is 5.85. The zero-order valence-corrected chi connectivity index (χ0v) is 15.3. The summed E-state index contributed by atoms with van der Waals surface area (Å²) in [5, 5.41) is 2.19. The molecule has 29 heavy (non-hydrogen) atoms. The molecule has 0 saturated heterocycles. The molecule has 0 aliphatic rings. The van der Waals surface area contributed by atoms with E-state index in [1.165, 1.54) is 30.5 Å². The molecular weight excluding hydrogens is 411 g/mol. The van der Waals surface area contributed by atoms with Gasteiger partial charge in [0.25, 0.3) is 5.91 Å². The summed E-state index contributed by atoms with van der Waals surface area (Å²) >= 11 is 5.92. The first kappa shape index (κ1) is 20.5. The highest BCUT2D eigenvalue weighted by molar-refractivity contribution is 6.33. The largest absolute Gasteiger partial charge is 0.457 e. The van der Waals surface area contributed by atoms with Crippen molar-refractivity contribution in [2.24, 2.45) is 0 Å². The normalized spacial score (nSPS) is 12.3. The predicted molar refractivity (Wildman–Crippen MR) is 98.4 cm³/mol. The van der Waals surface area contributed by atoms with Crippen molar-refractivity contribution in [3.63, 3.8) is 0 Å². The van der Waals surface area contributed by atoms with Gasteiger partial charge in [-0.3, -0.25) is 4.79 Å². The molecule has 1 unspecified atom stereocenters. The van der Waals surface area contributed by atoms with Crippen LogP contribution in [0.1, 0.15) is 27.8 Å². The van der Waals surface area contributed by atoms with Gasteiger partial charge in [-0.1, -0.05) is 41.9 Å². The molecule has 3 rings (SSSR count). The molecule has 0 spiro atoms. The van der Waals surface area contributed by atoms with Gasteiger partial charge in [0, 0.05) is 5.56 Å². The zero-order valence-electron chi connectivity index (χ0n) is 14.6. The lowest BCUT2D eigenvalue weighted by Crippen LogP contribution is -2.26. The minimum Gasteiger partial charge on any atom is -0.457 e. The lowest BCUT2D eigenvalue weighted by atomic mass is 10.1. The van der Waals surface area contributed by atoms with Gasteiger partial charge in [-0.2, -0.15) is 13.2 Å². The van der Waals surface area contributed by atoms with Crippen LogP contribution in [0.4, 0.5) is 18.9 Å². The Morgan fingerprint density at radius 1 is 1.03 bits per heavy atom. The first-order valence-corrected chi connectivity index (χ1v) is 8.60. The number of carbonyl (C=O) groups excluding carboxylic acids is 2. The monoisotopic (exact) mass is 423 g/mol. The van der Waals surface area contributed by atoms with Crippen molar-refractivity contribution in [2.75, 3.05) is 5.32 Å². The Balaban J connectivity index is 1.88. The van der Waals surface area contributed by atoms with E-state index in [9.17, 15) is 22.8 Å². The van der Waals surface area contributed by atoms with Crippen LogP contribution in [0.5, 0.6) is 0 Å². The van der Waals surface area contributed by atoms with Crippen LogP contribution >= 0.6 is 11.6 Å². The molecular formula is C20H13ClF3NO4. The van der Waals surface area contributed by atoms with Crippen molar-refractivity contribution in [1.82, 2.24) is 0 Å². The van der Waals surface area contributed by atoms with E-state index in [-0.39, 0.29) is 16.5 Å². The van der Waals surface area contributed by atoms with Crippen LogP contribution in [0.3, 0.4) is 0 Å². The van der Waals surface area contributed by atoms with Gasteiger partial charge < -0.3 is 14.5 Å². The molecule has 1 atom stereocenters. The van der Waals surface area contributed by atoms with Crippen LogP contribution in [0.25, 0.3) is 0 Å². The molecule has 1 amide bonds. The fourth-order valence-corrected chi connectivity index (χ4v) is 2.62. The Morgan fingerprint density at radius 3 is 2.38 bits per heavy atom. The quantitative estimate of drug-likeness (QED) is 0.551. The van der Waals surface area contributed by atoms with Gasteiger partial charge in [-0.15, -0.1) is 0 Å². The minimum atomic E-state index is -4.62. The zero-order chi connectivity index (χ0) is 21.0. The summed E-state index contributed by atoms with van der Waals surface area (Å²) in [6, 6.07) is 13.3.